The van der Waals surface area contributed by atoms with E-state index in [-0.39, 0.29) is 5.75 Å². The first kappa shape index (κ1) is 9.89. The van der Waals surface area contributed by atoms with Crippen LogP contribution in [-0.2, 0) is 9.05 Å². The molecule has 0 aliphatic rings. The fourth-order valence-corrected chi connectivity index (χ4v) is 2.43. The third kappa shape index (κ3) is 3.05. The van der Waals surface area contributed by atoms with Crippen LogP contribution >= 0.6 is 22.3 Å². The fourth-order valence-electron chi connectivity index (χ4n) is 0.726. The van der Waals surface area contributed by atoms with E-state index in [0.29, 0.717) is 5.76 Å². The van der Waals surface area contributed by atoms with E-state index in [1.807, 2.05) is 0 Å². The molecule has 3 nitrogen and oxygen atoms in total. The largest absolute Gasteiger partial charge is 0.468 e. The minimum absolute atomic E-state index is 0.330. The van der Waals surface area contributed by atoms with Crippen molar-refractivity contribution in [2.45, 2.75) is 5.38 Å². The molecule has 0 saturated carbocycles. The van der Waals surface area contributed by atoms with E-state index < -0.39 is 14.4 Å². The fraction of sp³-hybridized carbons (Fsp3) is 0.333. The van der Waals surface area contributed by atoms with E-state index in [4.69, 9.17) is 26.7 Å². The Morgan fingerprint density at radius 2 is 2.25 bits per heavy atom. The second kappa shape index (κ2) is 3.68. The monoisotopic (exact) mass is 228 g/mol. The Bertz CT molecular complexity index is 330. The van der Waals surface area contributed by atoms with Gasteiger partial charge in [0.05, 0.1) is 12.0 Å². The van der Waals surface area contributed by atoms with Crippen LogP contribution < -0.4 is 0 Å². The smallest absolute Gasteiger partial charge is 0.234 e. The Morgan fingerprint density at radius 3 is 2.67 bits per heavy atom. The molecule has 0 saturated heterocycles. The van der Waals surface area contributed by atoms with Crippen LogP contribution in [0.15, 0.2) is 22.8 Å². The molecule has 6 heteroatoms. The van der Waals surface area contributed by atoms with Crippen LogP contribution in [0.25, 0.3) is 0 Å². The van der Waals surface area contributed by atoms with E-state index in [2.05, 4.69) is 0 Å². The van der Waals surface area contributed by atoms with Crippen LogP contribution in [-0.4, -0.2) is 14.2 Å². The molecule has 1 rings (SSSR count). The maximum Gasteiger partial charge on any atom is 0.234 e. The van der Waals surface area contributed by atoms with E-state index in [1.54, 1.807) is 12.1 Å². The minimum Gasteiger partial charge on any atom is -0.468 e. The van der Waals surface area contributed by atoms with Crippen LogP contribution in [0.2, 0.25) is 0 Å². The molecule has 0 aliphatic carbocycles. The number of alkyl halides is 1. The van der Waals surface area contributed by atoms with Crippen molar-refractivity contribution in [3.8, 4) is 0 Å². The second-order valence-electron chi connectivity index (χ2n) is 2.19. The SMILES string of the molecule is O=S(=O)(Cl)CC(Cl)c1ccco1. The van der Waals surface area contributed by atoms with Gasteiger partial charge in [0.25, 0.3) is 0 Å². The van der Waals surface area contributed by atoms with Gasteiger partial charge in [0.1, 0.15) is 11.1 Å². The zero-order chi connectivity index (χ0) is 9.19. The molecule has 12 heavy (non-hydrogen) atoms. The topological polar surface area (TPSA) is 47.3 Å². The van der Waals surface area contributed by atoms with E-state index in [9.17, 15) is 8.42 Å². The van der Waals surface area contributed by atoms with Gasteiger partial charge in [0.15, 0.2) is 0 Å². The Morgan fingerprint density at radius 1 is 1.58 bits per heavy atom. The lowest BCUT2D eigenvalue weighted by Gasteiger charge is -2.01. The lowest BCUT2D eigenvalue weighted by Crippen LogP contribution is -2.03. The van der Waals surface area contributed by atoms with Gasteiger partial charge in [0.2, 0.25) is 9.05 Å². The van der Waals surface area contributed by atoms with Crippen molar-refractivity contribution in [3.05, 3.63) is 24.2 Å². The first-order chi connectivity index (χ1) is 5.49. The van der Waals surface area contributed by atoms with Crippen molar-refractivity contribution in [2.24, 2.45) is 0 Å². The highest BCUT2D eigenvalue weighted by atomic mass is 35.7. The average molecular weight is 229 g/mol. The molecule has 0 fully saturated rings. The summed E-state index contributed by atoms with van der Waals surface area (Å²) in [4.78, 5) is 0. The molecule has 0 spiro atoms. The highest BCUT2D eigenvalue weighted by Gasteiger charge is 2.18. The highest BCUT2D eigenvalue weighted by molar-refractivity contribution is 8.13. The first-order valence-corrected chi connectivity index (χ1v) is 6.00. The van der Waals surface area contributed by atoms with Gasteiger partial charge in [-0.1, -0.05) is 0 Å². The van der Waals surface area contributed by atoms with Gasteiger partial charge in [-0.2, -0.15) is 0 Å². The van der Waals surface area contributed by atoms with Crippen molar-refractivity contribution in [1.29, 1.82) is 0 Å². The third-order valence-corrected chi connectivity index (χ3v) is 2.86. The standard InChI is InChI=1S/C6H6Cl2O3S/c7-5(4-12(8,9)10)6-2-1-3-11-6/h1-3,5H,4H2. The molecule has 0 radical (unpaired) electrons. The molecule has 1 aromatic rings. The van der Waals surface area contributed by atoms with Gasteiger partial charge < -0.3 is 4.42 Å². The molecule has 0 aromatic carbocycles. The number of hydrogen-bond donors (Lipinski definition) is 0. The first-order valence-electron chi connectivity index (χ1n) is 3.09. The zero-order valence-corrected chi connectivity index (χ0v) is 8.23. The van der Waals surface area contributed by atoms with Gasteiger partial charge in [-0.3, -0.25) is 0 Å². The third-order valence-electron chi connectivity index (χ3n) is 1.20. The van der Waals surface area contributed by atoms with Crippen LogP contribution in [0.3, 0.4) is 0 Å². The Labute approximate surface area is 79.7 Å². The average Bonchev–Trinajstić information content (AvgIpc) is 2.32. The summed E-state index contributed by atoms with van der Waals surface area (Å²) >= 11 is 5.67. The molecule has 1 unspecified atom stereocenters. The zero-order valence-electron chi connectivity index (χ0n) is 5.91. The van der Waals surface area contributed by atoms with E-state index >= 15 is 0 Å². The number of rotatable bonds is 3. The summed E-state index contributed by atoms with van der Waals surface area (Å²) in [7, 11) is 1.42. The van der Waals surface area contributed by atoms with Gasteiger partial charge >= 0.3 is 0 Å². The van der Waals surface area contributed by atoms with Crippen LogP contribution in [0, 0.1) is 0 Å². The predicted octanol–water partition coefficient (Wildman–Crippen LogP) is 2.13. The molecule has 1 aromatic heterocycles. The maximum absolute atomic E-state index is 10.6. The molecular weight excluding hydrogens is 223 g/mol. The van der Waals surface area contributed by atoms with Crippen molar-refractivity contribution in [2.75, 3.05) is 5.75 Å². The summed E-state index contributed by atoms with van der Waals surface area (Å²) in [6.07, 6.45) is 1.42. The normalized spacial score (nSPS) is 14.5. The Hall–Kier alpha value is -0.190. The van der Waals surface area contributed by atoms with Crippen LogP contribution in [0.5, 0.6) is 0 Å². The van der Waals surface area contributed by atoms with Gasteiger partial charge in [0, 0.05) is 10.7 Å². The van der Waals surface area contributed by atoms with Gasteiger partial charge in [-0.15, -0.1) is 11.6 Å². The van der Waals surface area contributed by atoms with E-state index in [1.165, 1.54) is 6.26 Å². The molecule has 0 N–H and O–H groups in total. The number of halogens is 2. The van der Waals surface area contributed by atoms with E-state index in [0.717, 1.165) is 0 Å². The van der Waals surface area contributed by atoms with Crippen LogP contribution in [0.4, 0.5) is 0 Å². The summed E-state index contributed by atoms with van der Waals surface area (Å²) in [5.74, 6) is 0.0739. The van der Waals surface area contributed by atoms with Crippen molar-refractivity contribution in [1.82, 2.24) is 0 Å². The van der Waals surface area contributed by atoms with Crippen molar-refractivity contribution >= 4 is 31.3 Å². The summed E-state index contributed by atoms with van der Waals surface area (Å²) in [6.45, 7) is 0. The molecule has 0 amide bonds. The number of furan rings is 1. The predicted molar refractivity (Wildman–Crippen MR) is 46.9 cm³/mol. The van der Waals surface area contributed by atoms with Crippen molar-refractivity contribution < 1.29 is 12.8 Å². The van der Waals surface area contributed by atoms with Gasteiger partial charge in [-0.05, 0) is 12.1 Å². The molecule has 0 bridgehead atoms. The number of hydrogen-bond acceptors (Lipinski definition) is 3. The lowest BCUT2D eigenvalue weighted by atomic mass is 10.3. The second-order valence-corrected chi connectivity index (χ2v) is 5.54. The van der Waals surface area contributed by atoms with Crippen molar-refractivity contribution in [3.63, 3.8) is 0 Å². The summed E-state index contributed by atoms with van der Waals surface area (Å²) in [5, 5.41) is -0.720. The Balaban J connectivity index is 2.68. The minimum atomic E-state index is -3.57. The molecule has 68 valence electrons. The highest BCUT2D eigenvalue weighted by Crippen LogP contribution is 2.23. The summed E-state index contributed by atoms with van der Waals surface area (Å²) in [5.41, 5.74) is 0. The Kier molecular flexibility index (Phi) is 3.04. The molecule has 0 aliphatic heterocycles. The maximum atomic E-state index is 10.6. The molecular formula is C6H6Cl2O3S. The van der Waals surface area contributed by atoms with Gasteiger partial charge in [-0.25, -0.2) is 8.42 Å². The molecule has 1 heterocycles. The van der Waals surface area contributed by atoms with Crippen LogP contribution in [0.1, 0.15) is 11.1 Å². The summed E-state index contributed by atoms with van der Waals surface area (Å²) in [6, 6.07) is 3.23. The quantitative estimate of drug-likeness (QED) is 0.589. The summed E-state index contributed by atoms with van der Waals surface area (Å²) < 4.78 is 26.0. The molecule has 1 atom stereocenters. The lowest BCUT2D eigenvalue weighted by molar-refractivity contribution is 0.509.